The maximum atomic E-state index is 11.8. The van der Waals surface area contributed by atoms with Crippen molar-refractivity contribution in [2.45, 2.75) is 6.92 Å². The predicted octanol–water partition coefficient (Wildman–Crippen LogP) is 1.56. The van der Waals surface area contributed by atoms with Crippen LogP contribution in [-0.2, 0) is 0 Å². The summed E-state index contributed by atoms with van der Waals surface area (Å²) < 4.78 is 4.83. The van der Waals surface area contributed by atoms with E-state index in [4.69, 9.17) is 16.1 Å². The van der Waals surface area contributed by atoms with Crippen LogP contribution in [0.2, 0.25) is 5.15 Å². The summed E-state index contributed by atoms with van der Waals surface area (Å²) in [7, 11) is 0. The van der Waals surface area contributed by atoms with Gasteiger partial charge in [0.05, 0.1) is 12.0 Å². The lowest BCUT2D eigenvalue weighted by atomic mass is 10.4. The topological polar surface area (TPSA) is 110 Å². The van der Waals surface area contributed by atoms with Crippen LogP contribution in [0.15, 0.2) is 16.9 Å². The second kappa shape index (κ2) is 4.32. The number of nitrogens with one attached hydrogen (secondary N) is 2. The molecule has 0 unspecified atom stereocenters. The zero-order valence-electron chi connectivity index (χ0n) is 9.64. The number of hydrogen-bond acceptors (Lipinski definition) is 6. The van der Waals surface area contributed by atoms with Crippen molar-refractivity contribution in [3.63, 3.8) is 0 Å². The Morgan fingerprint density at radius 2 is 2.32 bits per heavy atom. The summed E-state index contributed by atoms with van der Waals surface area (Å²) in [4.78, 5) is 26.5. The summed E-state index contributed by atoms with van der Waals surface area (Å²) in [5.41, 5.74) is 1.48. The van der Waals surface area contributed by atoms with E-state index in [0.717, 1.165) is 0 Å². The van der Waals surface area contributed by atoms with Crippen LogP contribution < -0.4 is 5.32 Å². The van der Waals surface area contributed by atoms with Crippen molar-refractivity contribution in [3.8, 4) is 0 Å². The van der Waals surface area contributed by atoms with Gasteiger partial charge in [-0.2, -0.15) is 9.97 Å². The number of imidazole rings is 1. The van der Waals surface area contributed by atoms with Crippen LogP contribution in [0.3, 0.4) is 0 Å². The van der Waals surface area contributed by atoms with Crippen molar-refractivity contribution >= 4 is 34.6 Å². The van der Waals surface area contributed by atoms with Gasteiger partial charge >= 0.3 is 0 Å². The number of anilines is 1. The van der Waals surface area contributed by atoms with Crippen molar-refractivity contribution in [1.29, 1.82) is 0 Å². The minimum atomic E-state index is -0.508. The molecule has 2 N–H and O–H groups in total. The Morgan fingerprint density at radius 3 is 3.05 bits per heavy atom. The van der Waals surface area contributed by atoms with E-state index in [1.165, 1.54) is 12.4 Å². The first kappa shape index (κ1) is 11.6. The Labute approximate surface area is 111 Å². The third-order valence-electron chi connectivity index (χ3n) is 2.32. The largest absolute Gasteiger partial charge is 0.351 e. The van der Waals surface area contributed by atoms with Gasteiger partial charge in [-0.15, -0.1) is 0 Å². The van der Waals surface area contributed by atoms with Crippen LogP contribution in [0, 0.1) is 6.92 Å². The summed E-state index contributed by atoms with van der Waals surface area (Å²) in [6.07, 6.45) is 1.44. The van der Waals surface area contributed by atoms with E-state index in [1.54, 1.807) is 6.92 Å². The summed E-state index contributed by atoms with van der Waals surface area (Å²) >= 11 is 5.93. The Balaban J connectivity index is 1.90. The van der Waals surface area contributed by atoms with Crippen LogP contribution in [0.1, 0.15) is 16.2 Å². The van der Waals surface area contributed by atoms with Crippen LogP contribution in [0.25, 0.3) is 11.2 Å². The molecule has 0 spiro atoms. The number of aryl methyl sites for hydroxylation is 1. The highest BCUT2D eigenvalue weighted by molar-refractivity contribution is 6.33. The van der Waals surface area contributed by atoms with Gasteiger partial charge in [-0.3, -0.25) is 10.1 Å². The molecule has 3 aromatic rings. The van der Waals surface area contributed by atoms with Gasteiger partial charge in [0.25, 0.3) is 5.91 Å². The van der Waals surface area contributed by atoms with E-state index in [1.807, 2.05) is 0 Å². The number of nitrogens with zero attached hydrogens (tertiary/aromatic N) is 4. The molecule has 0 radical (unpaired) electrons. The van der Waals surface area contributed by atoms with Gasteiger partial charge in [-0.25, -0.2) is 4.98 Å². The summed E-state index contributed by atoms with van der Waals surface area (Å²) in [6, 6.07) is 1.50. The number of fused-ring (bicyclic) bond motifs is 1. The molecule has 0 aliphatic heterocycles. The first-order chi connectivity index (χ1) is 9.13. The average molecular weight is 279 g/mol. The van der Waals surface area contributed by atoms with Crippen LogP contribution in [0.4, 0.5) is 5.95 Å². The lowest BCUT2D eigenvalue weighted by Crippen LogP contribution is -2.13. The van der Waals surface area contributed by atoms with Gasteiger partial charge in [0, 0.05) is 6.07 Å². The molecule has 3 aromatic heterocycles. The molecule has 0 aliphatic carbocycles. The van der Waals surface area contributed by atoms with Gasteiger partial charge in [0.1, 0.15) is 5.52 Å². The fraction of sp³-hybridized carbons (Fsp3) is 0.100. The Morgan fingerprint density at radius 1 is 1.47 bits per heavy atom. The maximum Gasteiger partial charge on any atom is 0.296 e. The number of aromatic nitrogens is 5. The van der Waals surface area contributed by atoms with Crippen molar-refractivity contribution in [2.24, 2.45) is 0 Å². The summed E-state index contributed by atoms with van der Waals surface area (Å²) in [5.74, 6) is -0.394. The molecular weight excluding hydrogens is 272 g/mol. The van der Waals surface area contributed by atoms with Crippen LogP contribution in [0.5, 0.6) is 0 Å². The number of amides is 1. The summed E-state index contributed by atoms with van der Waals surface area (Å²) in [5, 5.41) is 6.25. The van der Waals surface area contributed by atoms with Gasteiger partial charge in [-0.05, 0) is 6.92 Å². The quantitative estimate of drug-likeness (QED) is 0.688. The molecule has 3 rings (SSSR count). The first-order valence-electron chi connectivity index (χ1n) is 5.25. The molecule has 19 heavy (non-hydrogen) atoms. The molecule has 0 aromatic carbocycles. The third-order valence-corrected chi connectivity index (χ3v) is 2.59. The highest BCUT2D eigenvalue weighted by atomic mass is 35.5. The number of carbonyl (C=O) groups excluding carboxylic acids is 1. The van der Waals surface area contributed by atoms with E-state index >= 15 is 0 Å². The number of carbonyl (C=O) groups is 1. The van der Waals surface area contributed by atoms with Crippen LogP contribution >= 0.6 is 11.6 Å². The van der Waals surface area contributed by atoms with Gasteiger partial charge in [-0.1, -0.05) is 16.8 Å². The Kier molecular flexibility index (Phi) is 2.64. The number of rotatable bonds is 2. The molecule has 1 amide bonds. The van der Waals surface area contributed by atoms with Crippen molar-refractivity contribution in [3.05, 3.63) is 29.0 Å². The SMILES string of the molecule is Cc1cc(C(=O)Nc2nc(Cl)c3[nH]cnc3n2)on1. The van der Waals surface area contributed by atoms with E-state index in [0.29, 0.717) is 16.9 Å². The minimum Gasteiger partial charge on any atom is -0.351 e. The average Bonchev–Trinajstić information content (AvgIpc) is 2.97. The van der Waals surface area contributed by atoms with E-state index in [2.05, 4.69) is 30.4 Å². The zero-order valence-corrected chi connectivity index (χ0v) is 10.4. The molecule has 0 fully saturated rings. The van der Waals surface area contributed by atoms with Gasteiger partial charge in [0.15, 0.2) is 10.8 Å². The molecule has 0 atom stereocenters. The standard InChI is InChI=1S/C10H7ClN6O2/c1-4-2-5(19-17-4)9(18)16-10-14-7(11)6-8(15-10)13-3-12-6/h2-3H,1H3,(H2,12,13,14,15,16,18). The monoisotopic (exact) mass is 278 g/mol. The Hall–Kier alpha value is -2.48. The molecule has 0 bridgehead atoms. The molecule has 9 heteroatoms. The van der Waals surface area contributed by atoms with E-state index in [9.17, 15) is 4.79 Å². The van der Waals surface area contributed by atoms with E-state index < -0.39 is 5.91 Å². The highest BCUT2D eigenvalue weighted by Gasteiger charge is 2.15. The number of aromatic amines is 1. The molecule has 0 saturated heterocycles. The number of halogens is 1. The lowest BCUT2D eigenvalue weighted by molar-refractivity contribution is 0.0987. The summed E-state index contributed by atoms with van der Waals surface area (Å²) in [6.45, 7) is 1.71. The normalized spacial score (nSPS) is 10.8. The predicted molar refractivity (Wildman–Crippen MR) is 65.9 cm³/mol. The minimum absolute atomic E-state index is 0.0450. The number of hydrogen-bond donors (Lipinski definition) is 2. The molecule has 96 valence electrons. The molecule has 0 aliphatic rings. The van der Waals surface area contributed by atoms with Crippen LogP contribution in [-0.4, -0.2) is 31.0 Å². The molecule has 0 saturated carbocycles. The third kappa shape index (κ3) is 2.13. The maximum absolute atomic E-state index is 11.8. The smallest absolute Gasteiger partial charge is 0.296 e. The van der Waals surface area contributed by atoms with Crippen molar-refractivity contribution < 1.29 is 9.32 Å². The lowest BCUT2D eigenvalue weighted by Gasteiger charge is -2.01. The van der Waals surface area contributed by atoms with E-state index in [-0.39, 0.29) is 16.9 Å². The van der Waals surface area contributed by atoms with Crippen molar-refractivity contribution in [2.75, 3.05) is 5.32 Å². The molecule has 8 nitrogen and oxygen atoms in total. The number of H-pyrrole nitrogens is 1. The fourth-order valence-electron chi connectivity index (χ4n) is 1.49. The molecule has 3 heterocycles. The fourth-order valence-corrected chi connectivity index (χ4v) is 1.71. The highest BCUT2D eigenvalue weighted by Crippen LogP contribution is 2.18. The van der Waals surface area contributed by atoms with Gasteiger partial charge < -0.3 is 9.51 Å². The molecular formula is C10H7ClN6O2. The second-order valence-electron chi connectivity index (χ2n) is 3.73. The van der Waals surface area contributed by atoms with Crippen molar-refractivity contribution in [1.82, 2.24) is 25.1 Å². The first-order valence-corrected chi connectivity index (χ1v) is 5.62. The van der Waals surface area contributed by atoms with Gasteiger partial charge in [0.2, 0.25) is 11.7 Å². The second-order valence-corrected chi connectivity index (χ2v) is 4.08. The Bertz CT molecular complexity index is 764. The zero-order chi connectivity index (χ0) is 13.4.